The fourth-order valence-electron chi connectivity index (χ4n) is 5.07. The zero-order chi connectivity index (χ0) is 19.8. The van der Waals surface area contributed by atoms with Gasteiger partial charge < -0.3 is 14.5 Å². The number of nitrogens with zero attached hydrogens (tertiary/aromatic N) is 3. The van der Waals surface area contributed by atoms with Crippen molar-refractivity contribution < 1.29 is 9.13 Å². The van der Waals surface area contributed by atoms with Gasteiger partial charge in [0.25, 0.3) is 6.02 Å². The molecule has 1 unspecified atom stereocenters. The van der Waals surface area contributed by atoms with Crippen molar-refractivity contribution in [2.75, 3.05) is 33.2 Å². The van der Waals surface area contributed by atoms with Gasteiger partial charge in [-0.05, 0) is 61.7 Å². The van der Waals surface area contributed by atoms with Crippen molar-refractivity contribution in [1.29, 1.82) is 0 Å². The topological polar surface area (TPSA) is 28.1 Å². The summed E-state index contributed by atoms with van der Waals surface area (Å²) in [5.74, 6) is 0.330. The second-order valence-electron chi connectivity index (χ2n) is 8.54. The quantitative estimate of drug-likeness (QED) is 0.775. The number of halogens is 1. The van der Waals surface area contributed by atoms with Crippen LogP contribution >= 0.6 is 0 Å². The number of amidine groups is 1. The van der Waals surface area contributed by atoms with E-state index in [1.54, 1.807) is 12.1 Å². The van der Waals surface area contributed by atoms with Crippen molar-refractivity contribution in [3.8, 4) is 0 Å². The zero-order valence-corrected chi connectivity index (χ0v) is 16.9. The van der Waals surface area contributed by atoms with Crippen LogP contribution in [0.2, 0.25) is 0 Å². The first-order chi connectivity index (χ1) is 14.2. The summed E-state index contributed by atoms with van der Waals surface area (Å²) in [7, 11) is 2.19. The van der Waals surface area contributed by atoms with E-state index in [2.05, 4.69) is 41.1 Å². The van der Waals surface area contributed by atoms with Crippen LogP contribution in [0.4, 0.5) is 4.39 Å². The zero-order valence-electron chi connectivity index (χ0n) is 16.9. The lowest BCUT2D eigenvalue weighted by atomic mass is 9.88. The third kappa shape index (κ3) is 3.64. The predicted molar refractivity (Wildman–Crippen MR) is 112 cm³/mol. The summed E-state index contributed by atoms with van der Waals surface area (Å²) in [6.07, 6.45) is 3.57. The maximum atomic E-state index is 13.6. The van der Waals surface area contributed by atoms with Gasteiger partial charge in [0.2, 0.25) is 0 Å². The number of aliphatic imine (C=N–C) groups is 1. The Morgan fingerprint density at radius 2 is 1.90 bits per heavy atom. The van der Waals surface area contributed by atoms with Crippen molar-refractivity contribution in [2.24, 2.45) is 10.9 Å². The van der Waals surface area contributed by atoms with Crippen molar-refractivity contribution in [3.63, 3.8) is 0 Å². The summed E-state index contributed by atoms with van der Waals surface area (Å²) in [6, 6.07) is 16.2. The monoisotopic (exact) mass is 393 g/mol. The van der Waals surface area contributed by atoms with E-state index in [0.29, 0.717) is 5.92 Å². The van der Waals surface area contributed by atoms with Crippen LogP contribution in [0.1, 0.15) is 35.6 Å². The van der Waals surface area contributed by atoms with Crippen LogP contribution in [0.5, 0.6) is 0 Å². The SMILES string of the molecule is CN1CCC[C@@H](C2CN=C(N3CCc4ccccc4[C@@H]3c3ccc(F)cc3)O2)C1. The van der Waals surface area contributed by atoms with Gasteiger partial charge in [-0.3, -0.25) is 0 Å². The molecule has 3 aliphatic rings. The van der Waals surface area contributed by atoms with Crippen LogP contribution in [-0.4, -0.2) is 55.2 Å². The lowest BCUT2D eigenvalue weighted by Crippen LogP contribution is -2.43. The normalized spacial score (nSPS) is 27.3. The van der Waals surface area contributed by atoms with Gasteiger partial charge in [0.05, 0.1) is 12.6 Å². The van der Waals surface area contributed by atoms with Crippen LogP contribution in [0.25, 0.3) is 0 Å². The molecule has 0 aliphatic carbocycles. The minimum atomic E-state index is -0.208. The second-order valence-corrected chi connectivity index (χ2v) is 8.54. The Morgan fingerprint density at radius 1 is 1.07 bits per heavy atom. The van der Waals surface area contributed by atoms with Crippen LogP contribution < -0.4 is 0 Å². The number of benzene rings is 2. The molecular formula is C24H28FN3O. The van der Waals surface area contributed by atoms with Gasteiger partial charge in [0.1, 0.15) is 11.9 Å². The molecule has 0 saturated carbocycles. The molecule has 2 aromatic rings. The summed E-state index contributed by atoms with van der Waals surface area (Å²) in [6.45, 7) is 3.85. The Hall–Kier alpha value is -2.40. The van der Waals surface area contributed by atoms with Gasteiger partial charge >= 0.3 is 0 Å². The third-order valence-corrected chi connectivity index (χ3v) is 6.56. The average molecular weight is 394 g/mol. The van der Waals surface area contributed by atoms with Crippen molar-refractivity contribution in [3.05, 3.63) is 71.0 Å². The lowest BCUT2D eigenvalue weighted by Gasteiger charge is -2.39. The number of fused-ring (bicyclic) bond motifs is 1. The molecule has 0 amide bonds. The van der Waals surface area contributed by atoms with Crippen LogP contribution in [0.3, 0.4) is 0 Å². The smallest absolute Gasteiger partial charge is 0.288 e. The summed E-state index contributed by atoms with van der Waals surface area (Å²) in [5, 5.41) is 0. The number of rotatable bonds is 2. The Balaban J connectivity index is 1.42. The van der Waals surface area contributed by atoms with Crippen molar-refractivity contribution in [1.82, 2.24) is 9.80 Å². The summed E-state index contributed by atoms with van der Waals surface area (Å²) in [5.41, 5.74) is 3.69. The lowest BCUT2D eigenvalue weighted by molar-refractivity contribution is 0.0732. The maximum absolute atomic E-state index is 13.6. The van der Waals surface area contributed by atoms with E-state index in [0.717, 1.165) is 37.6 Å². The summed E-state index contributed by atoms with van der Waals surface area (Å²) < 4.78 is 20.0. The van der Waals surface area contributed by atoms with Crippen molar-refractivity contribution >= 4 is 6.02 Å². The van der Waals surface area contributed by atoms with E-state index in [4.69, 9.17) is 9.73 Å². The highest BCUT2D eigenvalue weighted by molar-refractivity contribution is 5.77. The highest BCUT2D eigenvalue weighted by atomic mass is 19.1. The molecule has 1 fully saturated rings. The molecule has 2 aromatic carbocycles. The number of piperidine rings is 1. The number of hydrogen-bond acceptors (Lipinski definition) is 4. The predicted octanol–water partition coefficient (Wildman–Crippen LogP) is 3.87. The van der Waals surface area contributed by atoms with E-state index >= 15 is 0 Å². The molecule has 1 saturated heterocycles. The molecule has 0 bridgehead atoms. The van der Waals surface area contributed by atoms with Crippen LogP contribution in [-0.2, 0) is 11.2 Å². The first-order valence-electron chi connectivity index (χ1n) is 10.7. The Morgan fingerprint density at radius 3 is 2.72 bits per heavy atom. The molecule has 5 rings (SSSR count). The van der Waals surface area contributed by atoms with Gasteiger partial charge in [-0.1, -0.05) is 36.4 Å². The van der Waals surface area contributed by atoms with E-state index in [-0.39, 0.29) is 18.0 Å². The molecular weight excluding hydrogens is 365 g/mol. The van der Waals surface area contributed by atoms with E-state index in [1.807, 2.05) is 12.1 Å². The Bertz CT molecular complexity index is 897. The molecule has 5 heteroatoms. The average Bonchev–Trinajstić information content (AvgIpc) is 3.24. The standard InChI is InChI=1S/C24H28FN3O/c1-27-13-4-6-19(16-27)22-15-26-24(29-22)28-14-12-17-5-2-3-7-21(17)23(28)18-8-10-20(25)11-9-18/h2-3,5,7-11,19,22-23H,4,6,12-16H2,1H3/t19-,22?,23+/m1/s1. The van der Waals surface area contributed by atoms with Gasteiger partial charge in [-0.15, -0.1) is 0 Å². The largest absolute Gasteiger partial charge is 0.460 e. The highest BCUT2D eigenvalue weighted by Gasteiger charge is 2.37. The van der Waals surface area contributed by atoms with Gasteiger partial charge in [-0.25, -0.2) is 9.38 Å². The Kier molecular flexibility index (Phi) is 5.00. The third-order valence-electron chi connectivity index (χ3n) is 6.56. The van der Waals surface area contributed by atoms with Crippen LogP contribution in [0.15, 0.2) is 53.5 Å². The molecule has 3 heterocycles. The summed E-state index contributed by atoms with van der Waals surface area (Å²) >= 11 is 0. The van der Waals surface area contributed by atoms with Gasteiger partial charge in [-0.2, -0.15) is 0 Å². The number of likely N-dealkylation sites (tertiary alicyclic amines) is 1. The minimum absolute atomic E-state index is 0.00656. The second kappa shape index (κ2) is 7.79. The van der Waals surface area contributed by atoms with Gasteiger partial charge in [0.15, 0.2) is 0 Å². The molecule has 152 valence electrons. The molecule has 3 atom stereocenters. The molecule has 0 spiro atoms. The number of ether oxygens (including phenoxy) is 1. The van der Waals surface area contributed by atoms with E-state index < -0.39 is 0 Å². The first kappa shape index (κ1) is 18.6. The molecule has 4 nitrogen and oxygen atoms in total. The number of hydrogen-bond donors (Lipinski definition) is 0. The molecule has 29 heavy (non-hydrogen) atoms. The fraction of sp³-hybridized carbons (Fsp3) is 0.458. The van der Waals surface area contributed by atoms with Crippen LogP contribution in [0, 0.1) is 11.7 Å². The highest BCUT2D eigenvalue weighted by Crippen LogP contribution is 2.37. The van der Waals surface area contributed by atoms with Gasteiger partial charge in [0, 0.05) is 19.0 Å². The molecule has 0 N–H and O–H groups in total. The maximum Gasteiger partial charge on any atom is 0.288 e. The van der Waals surface area contributed by atoms with Crippen molar-refractivity contribution in [2.45, 2.75) is 31.4 Å². The molecule has 0 radical (unpaired) electrons. The fourth-order valence-corrected chi connectivity index (χ4v) is 5.07. The molecule has 0 aromatic heterocycles. The van der Waals surface area contributed by atoms with E-state index in [1.165, 1.54) is 30.5 Å². The molecule has 3 aliphatic heterocycles. The van der Waals surface area contributed by atoms with E-state index in [9.17, 15) is 4.39 Å². The Labute approximate surface area is 172 Å². The first-order valence-corrected chi connectivity index (χ1v) is 10.7. The minimum Gasteiger partial charge on any atom is -0.460 e. The summed E-state index contributed by atoms with van der Waals surface area (Å²) in [4.78, 5) is 9.51.